The first-order valence-electron chi connectivity index (χ1n) is 9.95. The predicted octanol–water partition coefficient (Wildman–Crippen LogP) is 3.29. The molecule has 1 aromatic carbocycles. The average molecular weight is 377 g/mol. The van der Waals surface area contributed by atoms with E-state index < -0.39 is 0 Å². The molecule has 7 heteroatoms. The maximum Gasteiger partial charge on any atom is 0.228 e. The van der Waals surface area contributed by atoms with Crippen LogP contribution in [0.2, 0.25) is 0 Å². The van der Waals surface area contributed by atoms with Gasteiger partial charge in [0.15, 0.2) is 5.82 Å². The minimum absolute atomic E-state index is 0.0208. The molecule has 28 heavy (non-hydrogen) atoms. The maximum absolute atomic E-state index is 4.93. The molecule has 2 aromatic heterocycles. The number of hydrogen-bond donors (Lipinski definition) is 2. The summed E-state index contributed by atoms with van der Waals surface area (Å²) < 4.78 is 0. The van der Waals surface area contributed by atoms with Crippen LogP contribution in [0.1, 0.15) is 32.9 Å². The predicted molar refractivity (Wildman–Crippen MR) is 112 cm³/mol. The van der Waals surface area contributed by atoms with E-state index in [0.717, 1.165) is 47.3 Å². The Kier molecular flexibility index (Phi) is 3.84. The highest BCUT2D eigenvalue weighted by molar-refractivity contribution is 5.91. The molecule has 2 bridgehead atoms. The Morgan fingerprint density at radius 3 is 2.57 bits per heavy atom. The molecule has 3 fully saturated rings. The Morgan fingerprint density at radius 1 is 1.11 bits per heavy atom. The molecule has 3 aromatic rings. The number of piperazine rings is 1. The molecule has 2 N–H and O–H groups in total. The standard InChI is InChI=1S/C21H27N7/c1-21(2,3)17-10-18(26-25-17)23-19-15-7-5-6-8-16(15)22-20(24-19)28-13-9-14(28)12-27(4)11-13/h5-8,10,13-14H,9,11-12H2,1-4H3,(H2,22,23,24,25,26). The van der Waals surface area contributed by atoms with Crippen molar-refractivity contribution in [2.24, 2.45) is 0 Å². The van der Waals surface area contributed by atoms with Gasteiger partial charge in [-0.25, -0.2) is 4.98 Å². The zero-order chi connectivity index (χ0) is 19.5. The third kappa shape index (κ3) is 2.90. The number of H-pyrrole nitrogens is 1. The van der Waals surface area contributed by atoms with E-state index >= 15 is 0 Å². The van der Waals surface area contributed by atoms with E-state index in [9.17, 15) is 0 Å². The highest BCUT2D eigenvalue weighted by Gasteiger charge is 2.45. The van der Waals surface area contributed by atoms with Crippen molar-refractivity contribution < 1.29 is 0 Å². The molecular weight excluding hydrogens is 350 g/mol. The lowest BCUT2D eigenvalue weighted by Gasteiger charge is -2.55. The van der Waals surface area contributed by atoms with E-state index in [1.807, 2.05) is 12.1 Å². The molecule has 0 saturated carbocycles. The quantitative estimate of drug-likeness (QED) is 0.730. The number of rotatable bonds is 3. The lowest BCUT2D eigenvalue weighted by atomic mass is 9.88. The molecule has 0 spiro atoms. The summed E-state index contributed by atoms with van der Waals surface area (Å²) in [5.74, 6) is 2.41. The van der Waals surface area contributed by atoms with Gasteiger partial charge in [-0.2, -0.15) is 10.1 Å². The van der Waals surface area contributed by atoms with Crippen LogP contribution in [0.15, 0.2) is 30.3 Å². The van der Waals surface area contributed by atoms with Gasteiger partial charge in [0.1, 0.15) is 5.82 Å². The molecule has 0 amide bonds. The van der Waals surface area contributed by atoms with Gasteiger partial charge >= 0.3 is 0 Å². The molecule has 5 heterocycles. The third-order valence-electron chi connectivity index (χ3n) is 5.83. The fourth-order valence-electron chi connectivity index (χ4n) is 4.31. The second kappa shape index (κ2) is 6.17. The van der Waals surface area contributed by atoms with Gasteiger partial charge in [0, 0.05) is 47.7 Å². The number of hydrogen-bond acceptors (Lipinski definition) is 6. The Balaban J connectivity index is 1.52. The second-order valence-corrected chi connectivity index (χ2v) is 9.10. The van der Waals surface area contributed by atoms with Crippen LogP contribution in [0.3, 0.4) is 0 Å². The summed E-state index contributed by atoms with van der Waals surface area (Å²) in [4.78, 5) is 14.6. The number of piperidine rings is 1. The molecule has 0 aliphatic carbocycles. The highest BCUT2D eigenvalue weighted by atomic mass is 15.4. The van der Waals surface area contributed by atoms with Crippen molar-refractivity contribution in [1.29, 1.82) is 0 Å². The fourth-order valence-corrected chi connectivity index (χ4v) is 4.31. The van der Waals surface area contributed by atoms with Crippen LogP contribution >= 0.6 is 0 Å². The fraction of sp³-hybridized carbons (Fsp3) is 0.476. The summed E-state index contributed by atoms with van der Waals surface area (Å²) in [5, 5.41) is 12.0. The van der Waals surface area contributed by atoms with E-state index in [0.29, 0.717) is 12.1 Å². The van der Waals surface area contributed by atoms with Gasteiger partial charge in [0.05, 0.1) is 5.52 Å². The first-order chi connectivity index (χ1) is 13.4. The van der Waals surface area contributed by atoms with Crippen LogP contribution in [0.4, 0.5) is 17.6 Å². The Hall–Kier alpha value is -2.67. The third-order valence-corrected chi connectivity index (χ3v) is 5.83. The van der Waals surface area contributed by atoms with Crippen LogP contribution in [0.5, 0.6) is 0 Å². The van der Waals surface area contributed by atoms with E-state index in [4.69, 9.17) is 9.97 Å². The summed E-state index contributed by atoms with van der Waals surface area (Å²) in [6.45, 7) is 8.65. The van der Waals surface area contributed by atoms with Crippen LogP contribution in [-0.2, 0) is 5.41 Å². The number of aromatic amines is 1. The number of nitrogens with zero attached hydrogens (tertiary/aromatic N) is 5. The smallest absolute Gasteiger partial charge is 0.228 e. The highest BCUT2D eigenvalue weighted by Crippen LogP contribution is 2.37. The maximum atomic E-state index is 4.93. The zero-order valence-corrected chi connectivity index (χ0v) is 16.9. The number of anilines is 3. The van der Waals surface area contributed by atoms with Crippen LogP contribution in [0.25, 0.3) is 10.9 Å². The van der Waals surface area contributed by atoms with Crippen molar-refractivity contribution in [3.8, 4) is 0 Å². The second-order valence-electron chi connectivity index (χ2n) is 9.10. The summed E-state index contributed by atoms with van der Waals surface area (Å²) in [6, 6.07) is 11.2. The molecule has 146 valence electrons. The average Bonchev–Trinajstić information content (AvgIpc) is 3.10. The number of benzene rings is 1. The summed E-state index contributed by atoms with van der Waals surface area (Å²) >= 11 is 0. The first kappa shape index (κ1) is 17.4. The molecule has 3 saturated heterocycles. The number of aromatic nitrogens is 4. The largest absolute Gasteiger partial charge is 0.332 e. The summed E-state index contributed by atoms with van der Waals surface area (Å²) in [7, 11) is 2.19. The van der Waals surface area contributed by atoms with Crippen LogP contribution in [0, 0.1) is 0 Å². The molecule has 3 aliphatic heterocycles. The van der Waals surface area contributed by atoms with E-state index in [1.165, 1.54) is 6.42 Å². The van der Waals surface area contributed by atoms with Crippen molar-refractivity contribution in [1.82, 2.24) is 25.1 Å². The van der Waals surface area contributed by atoms with Crippen molar-refractivity contribution in [3.63, 3.8) is 0 Å². The van der Waals surface area contributed by atoms with Crippen molar-refractivity contribution in [2.75, 3.05) is 30.4 Å². The van der Waals surface area contributed by atoms with Gasteiger partial charge in [-0.1, -0.05) is 32.9 Å². The SMILES string of the molecule is CN1CC2CC(C1)N2c1nc(Nc2cc(C(C)(C)C)[nH]n2)c2ccccc2n1. The van der Waals surface area contributed by atoms with Crippen LogP contribution in [-0.4, -0.2) is 57.3 Å². The molecule has 3 aliphatic rings. The number of likely N-dealkylation sites (N-methyl/N-ethyl adjacent to an activating group) is 1. The number of fused-ring (bicyclic) bond motifs is 3. The molecule has 0 radical (unpaired) electrons. The Morgan fingerprint density at radius 2 is 1.86 bits per heavy atom. The molecule has 6 rings (SSSR count). The van der Waals surface area contributed by atoms with Gasteiger partial charge in [0.25, 0.3) is 0 Å². The lowest BCUT2D eigenvalue weighted by Crippen LogP contribution is -2.68. The topological polar surface area (TPSA) is 73.0 Å². The Bertz CT molecular complexity index is 1010. The van der Waals surface area contributed by atoms with Crippen LogP contribution < -0.4 is 10.2 Å². The lowest BCUT2D eigenvalue weighted by molar-refractivity contribution is 0.137. The molecular formula is C21H27N7. The number of nitrogens with one attached hydrogen (secondary N) is 2. The van der Waals surface area contributed by atoms with Gasteiger partial charge in [-0.05, 0) is 25.6 Å². The molecule has 2 atom stereocenters. The van der Waals surface area contributed by atoms with E-state index in [1.54, 1.807) is 0 Å². The molecule has 2 unspecified atom stereocenters. The van der Waals surface area contributed by atoms with Gasteiger partial charge in [-0.15, -0.1) is 0 Å². The zero-order valence-electron chi connectivity index (χ0n) is 16.9. The minimum atomic E-state index is 0.0208. The monoisotopic (exact) mass is 377 g/mol. The van der Waals surface area contributed by atoms with Gasteiger partial charge in [-0.3, -0.25) is 5.10 Å². The van der Waals surface area contributed by atoms with Crippen molar-refractivity contribution in [3.05, 3.63) is 36.0 Å². The van der Waals surface area contributed by atoms with Gasteiger partial charge < -0.3 is 15.1 Å². The molecule has 7 nitrogen and oxygen atoms in total. The summed E-state index contributed by atoms with van der Waals surface area (Å²) in [5.41, 5.74) is 2.07. The van der Waals surface area contributed by atoms with Crippen molar-refractivity contribution in [2.45, 2.75) is 44.7 Å². The normalized spacial score (nSPS) is 22.4. The minimum Gasteiger partial charge on any atom is -0.332 e. The number of para-hydroxylation sites is 1. The van der Waals surface area contributed by atoms with Gasteiger partial charge in [0.2, 0.25) is 5.95 Å². The van der Waals surface area contributed by atoms with Crippen molar-refractivity contribution >= 4 is 28.5 Å². The summed E-state index contributed by atoms with van der Waals surface area (Å²) in [6.07, 6.45) is 1.23. The van der Waals surface area contributed by atoms with E-state index in [2.05, 4.69) is 71.3 Å². The first-order valence-corrected chi connectivity index (χ1v) is 9.95. The Labute approximate surface area is 165 Å². The van der Waals surface area contributed by atoms with E-state index in [-0.39, 0.29) is 5.41 Å².